The molecule has 0 bridgehead atoms. The van der Waals surface area contributed by atoms with Crippen molar-refractivity contribution in [1.29, 1.82) is 0 Å². The minimum Gasteiger partial charge on any atom is -0.311 e. The number of aromatic nitrogens is 4. The molecule has 1 N–H and O–H groups in total. The van der Waals surface area contributed by atoms with Crippen molar-refractivity contribution < 1.29 is 0 Å². The van der Waals surface area contributed by atoms with E-state index in [9.17, 15) is 0 Å². The second kappa shape index (κ2) is 4.91. The molecular formula is C12H15N5S. The molecule has 0 saturated carbocycles. The first-order valence-electron chi connectivity index (χ1n) is 5.91. The molecule has 3 rings (SSSR count). The molecule has 0 fully saturated rings. The van der Waals surface area contributed by atoms with Gasteiger partial charge in [-0.2, -0.15) is 5.10 Å². The topological polar surface area (TPSA) is 47.2 Å². The molecule has 0 aliphatic rings. The van der Waals surface area contributed by atoms with Crippen LogP contribution in [-0.4, -0.2) is 25.7 Å². The van der Waals surface area contributed by atoms with Gasteiger partial charge >= 0.3 is 0 Å². The Kier molecular flexibility index (Phi) is 3.12. The lowest BCUT2D eigenvalue weighted by Crippen LogP contribution is -2.18. The van der Waals surface area contributed by atoms with E-state index >= 15 is 0 Å². The quantitative estimate of drug-likeness (QED) is 0.707. The van der Waals surface area contributed by atoms with E-state index in [0.717, 1.165) is 30.2 Å². The highest BCUT2D eigenvalue weighted by Crippen LogP contribution is 2.10. The van der Waals surface area contributed by atoms with Crippen LogP contribution in [0.3, 0.4) is 0 Å². The van der Waals surface area contributed by atoms with Gasteiger partial charge < -0.3 is 5.32 Å². The molecule has 3 aromatic heterocycles. The first-order valence-corrected chi connectivity index (χ1v) is 6.79. The average molecular weight is 261 g/mol. The summed E-state index contributed by atoms with van der Waals surface area (Å²) in [6.45, 7) is 1.75. The Hall–Kier alpha value is -1.66. The summed E-state index contributed by atoms with van der Waals surface area (Å²) < 4.78 is 3.97. The third-order valence-electron chi connectivity index (χ3n) is 2.93. The smallest absolute Gasteiger partial charge is 0.193 e. The monoisotopic (exact) mass is 261 g/mol. The molecule has 0 saturated heterocycles. The maximum Gasteiger partial charge on any atom is 0.193 e. The molecule has 0 radical (unpaired) electrons. The molecule has 0 aliphatic carbocycles. The number of nitrogens with one attached hydrogen (secondary N) is 1. The van der Waals surface area contributed by atoms with E-state index < -0.39 is 0 Å². The highest BCUT2D eigenvalue weighted by atomic mass is 32.1. The molecule has 18 heavy (non-hydrogen) atoms. The lowest BCUT2D eigenvalue weighted by Gasteiger charge is -2.03. The van der Waals surface area contributed by atoms with E-state index in [1.807, 2.05) is 35.6 Å². The molecule has 0 amide bonds. The van der Waals surface area contributed by atoms with Crippen LogP contribution in [0, 0.1) is 0 Å². The zero-order valence-corrected chi connectivity index (χ0v) is 11.0. The van der Waals surface area contributed by atoms with E-state index in [2.05, 4.69) is 26.0 Å². The van der Waals surface area contributed by atoms with Crippen molar-refractivity contribution in [1.82, 2.24) is 24.5 Å². The molecule has 0 aliphatic heterocycles. The number of fused-ring (bicyclic) bond motifs is 1. The molecule has 3 aromatic rings. The second-order valence-electron chi connectivity index (χ2n) is 4.20. The zero-order chi connectivity index (χ0) is 12.4. The van der Waals surface area contributed by atoms with Crippen molar-refractivity contribution in [2.24, 2.45) is 7.05 Å². The van der Waals surface area contributed by atoms with Gasteiger partial charge in [0.15, 0.2) is 4.96 Å². The summed E-state index contributed by atoms with van der Waals surface area (Å²) in [6, 6.07) is 2.05. The fourth-order valence-corrected chi connectivity index (χ4v) is 2.66. The summed E-state index contributed by atoms with van der Waals surface area (Å²) in [5, 5.41) is 9.60. The van der Waals surface area contributed by atoms with Gasteiger partial charge in [0, 0.05) is 56.2 Å². The molecule has 94 valence electrons. The molecule has 6 heteroatoms. The van der Waals surface area contributed by atoms with Gasteiger partial charge in [-0.05, 0) is 6.07 Å². The highest BCUT2D eigenvalue weighted by molar-refractivity contribution is 7.15. The number of imidazole rings is 1. The van der Waals surface area contributed by atoms with E-state index in [-0.39, 0.29) is 0 Å². The van der Waals surface area contributed by atoms with Crippen LogP contribution in [0.15, 0.2) is 30.0 Å². The summed E-state index contributed by atoms with van der Waals surface area (Å²) in [6.07, 6.45) is 6.92. The van der Waals surface area contributed by atoms with Crippen LogP contribution in [0.5, 0.6) is 0 Å². The van der Waals surface area contributed by atoms with Gasteiger partial charge in [-0.15, -0.1) is 11.3 Å². The molecule has 0 aromatic carbocycles. The number of rotatable bonds is 5. The van der Waals surface area contributed by atoms with Crippen LogP contribution in [-0.2, 0) is 20.0 Å². The molecule has 0 spiro atoms. The predicted molar refractivity (Wildman–Crippen MR) is 71.7 cm³/mol. The molecular weight excluding hydrogens is 246 g/mol. The standard InChI is InChI=1S/C12H15N5S/c1-16-11(3-5-14-16)2-4-13-8-10-9-17-6-7-18-12(17)15-10/h3,5-7,9,13H,2,4,8H2,1H3. The Morgan fingerprint density at radius 3 is 3.17 bits per heavy atom. The van der Waals surface area contributed by atoms with E-state index in [0.29, 0.717) is 0 Å². The van der Waals surface area contributed by atoms with Crippen LogP contribution in [0.2, 0.25) is 0 Å². The predicted octanol–water partition coefficient (Wildman–Crippen LogP) is 1.46. The van der Waals surface area contributed by atoms with Crippen LogP contribution >= 0.6 is 11.3 Å². The highest BCUT2D eigenvalue weighted by Gasteiger charge is 2.02. The normalized spacial score (nSPS) is 11.4. The largest absolute Gasteiger partial charge is 0.311 e. The third-order valence-corrected chi connectivity index (χ3v) is 3.70. The van der Waals surface area contributed by atoms with Crippen molar-refractivity contribution in [3.8, 4) is 0 Å². The fourth-order valence-electron chi connectivity index (χ4n) is 1.94. The van der Waals surface area contributed by atoms with Crippen molar-refractivity contribution >= 4 is 16.3 Å². The van der Waals surface area contributed by atoms with Gasteiger partial charge in [-0.1, -0.05) is 0 Å². The number of nitrogens with zero attached hydrogens (tertiary/aromatic N) is 4. The van der Waals surface area contributed by atoms with Gasteiger partial charge in [-0.25, -0.2) is 4.98 Å². The third kappa shape index (κ3) is 2.30. The Labute approximate surface area is 109 Å². The van der Waals surface area contributed by atoms with Crippen LogP contribution in [0.4, 0.5) is 0 Å². The molecule has 3 heterocycles. The fraction of sp³-hybridized carbons (Fsp3) is 0.333. The number of hydrogen-bond acceptors (Lipinski definition) is 4. The Bertz CT molecular complexity index is 607. The Balaban J connectivity index is 1.50. The van der Waals surface area contributed by atoms with Gasteiger partial charge in [0.2, 0.25) is 0 Å². The van der Waals surface area contributed by atoms with Crippen LogP contribution in [0.1, 0.15) is 11.4 Å². The summed E-state index contributed by atoms with van der Waals surface area (Å²) in [5.41, 5.74) is 2.33. The van der Waals surface area contributed by atoms with E-state index in [1.54, 1.807) is 11.3 Å². The van der Waals surface area contributed by atoms with Crippen molar-refractivity contribution in [2.75, 3.05) is 6.54 Å². The summed E-state index contributed by atoms with van der Waals surface area (Å²) >= 11 is 1.66. The maximum atomic E-state index is 4.53. The average Bonchev–Trinajstić information content (AvgIpc) is 3.00. The summed E-state index contributed by atoms with van der Waals surface area (Å²) in [7, 11) is 1.97. The lowest BCUT2D eigenvalue weighted by molar-refractivity contribution is 0.638. The Morgan fingerprint density at radius 1 is 1.44 bits per heavy atom. The van der Waals surface area contributed by atoms with Gasteiger partial charge in [0.25, 0.3) is 0 Å². The maximum absolute atomic E-state index is 4.53. The van der Waals surface area contributed by atoms with Crippen molar-refractivity contribution in [3.05, 3.63) is 41.4 Å². The van der Waals surface area contributed by atoms with Gasteiger partial charge in [-0.3, -0.25) is 9.08 Å². The first kappa shape index (κ1) is 11.4. The molecule has 0 unspecified atom stereocenters. The summed E-state index contributed by atoms with van der Waals surface area (Å²) in [4.78, 5) is 5.58. The first-order chi connectivity index (χ1) is 8.83. The minimum atomic E-state index is 0.812. The number of thiazole rings is 1. The van der Waals surface area contributed by atoms with Gasteiger partial charge in [0.1, 0.15) is 0 Å². The van der Waals surface area contributed by atoms with Crippen molar-refractivity contribution in [3.63, 3.8) is 0 Å². The number of hydrogen-bond donors (Lipinski definition) is 1. The van der Waals surface area contributed by atoms with E-state index in [1.165, 1.54) is 5.69 Å². The van der Waals surface area contributed by atoms with Crippen molar-refractivity contribution in [2.45, 2.75) is 13.0 Å². The minimum absolute atomic E-state index is 0.812. The molecule has 5 nitrogen and oxygen atoms in total. The molecule has 0 atom stereocenters. The lowest BCUT2D eigenvalue weighted by atomic mass is 10.3. The number of aryl methyl sites for hydroxylation is 1. The van der Waals surface area contributed by atoms with Gasteiger partial charge in [0.05, 0.1) is 5.69 Å². The van der Waals surface area contributed by atoms with Crippen LogP contribution < -0.4 is 5.32 Å². The SMILES string of the molecule is Cn1nccc1CCNCc1cn2ccsc2n1. The van der Waals surface area contributed by atoms with Crippen LogP contribution in [0.25, 0.3) is 4.96 Å². The summed E-state index contributed by atoms with van der Waals surface area (Å²) in [5.74, 6) is 0. The zero-order valence-electron chi connectivity index (χ0n) is 10.2. The van der Waals surface area contributed by atoms with E-state index in [4.69, 9.17) is 0 Å². The second-order valence-corrected chi connectivity index (χ2v) is 5.07. The Morgan fingerprint density at radius 2 is 2.39 bits per heavy atom.